The van der Waals surface area contributed by atoms with E-state index < -0.39 is 17.5 Å². The molecule has 4 aromatic rings. The molecule has 0 fully saturated rings. The van der Waals surface area contributed by atoms with E-state index in [0.717, 1.165) is 19.3 Å². The molecular weight excluding hydrogens is 489 g/mol. The molecule has 0 bridgehead atoms. The highest BCUT2D eigenvalue weighted by molar-refractivity contribution is 5.72. The number of unbranched alkanes of at least 4 members (excludes halogenated alkanes) is 1. The molecule has 0 saturated carbocycles. The van der Waals surface area contributed by atoms with E-state index in [2.05, 4.69) is 6.92 Å². The lowest BCUT2D eigenvalue weighted by Gasteiger charge is -2.12. The van der Waals surface area contributed by atoms with Gasteiger partial charge in [-0.25, -0.2) is 13.2 Å². The van der Waals surface area contributed by atoms with Crippen molar-refractivity contribution < 1.29 is 27.4 Å². The van der Waals surface area contributed by atoms with Crippen molar-refractivity contribution >= 4 is 0 Å². The zero-order valence-corrected chi connectivity index (χ0v) is 21.6. The zero-order valence-electron chi connectivity index (χ0n) is 21.6. The monoisotopic (exact) mass is 520 g/mol. The summed E-state index contributed by atoms with van der Waals surface area (Å²) >= 11 is 0. The molecule has 0 saturated heterocycles. The second-order valence-corrected chi connectivity index (χ2v) is 8.93. The van der Waals surface area contributed by atoms with E-state index in [0.29, 0.717) is 47.2 Å². The standard InChI is InChI=1S/C32H31F3O3/c1-3-5-19-37-27-15-10-24(30(33)20-27)21-38-26-13-8-23(9-14-26)29-17-16-28(31(34)32(29)35)22-6-11-25(12-7-22)36-18-4-2/h6-17,20H,3-5,18-19,21H2,1-2H3. The Morgan fingerprint density at radius 2 is 1.08 bits per heavy atom. The van der Waals surface area contributed by atoms with Gasteiger partial charge in [-0.15, -0.1) is 0 Å². The third kappa shape index (κ3) is 6.68. The van der Waals surface area contributed by atoms with Gasteiger partial charge in [0.25, 0.3) is 0 Å². The summed E-state index contributed by atoms with van der Waals surface area (Å²) in [4.78, 5) is 0. The lowest BCUT2D eigenvalue weighted by atomic mass is 9.98. The van der Waals surface area contributed by atoms with Crippen LogP contribution in [0.15, 0.2) is 78.9 Å². The molecule has 0 radical (unpaired) electrons. The largest absolute Gasteiger partial charge is 0.494 e. The summed E-state index contributed by atoms with van der Waals surface area (Å²) in [5, 5.41) is 0. The van der Waals surface area contributed by atoms with Gasteiger partial charge in [0.2, 0.25) is 0 Å². The predicted molar refractivity (Wildman–Crippen MR) is 144 cm³/mol. The number of ether oxygens (including phenoxy) is 3. The Balaban J connectivity index is 1.42. The lowest BCUT2D eigenvalue weighted by Crippen LogP contribution is -2.01. The molecule has 198 valence electrons. The summed E-state index contributed by atoms with van der Waals surface area (Å²) in [5.41, 5.74) is 1.78. The van der Waals surface area contributed by atoms with E-state index >= 15 is 8.78 Å². The number of rotatable bonds is 12. The quantitative estimate of drug-likeness (QED) is 0.175. The molecule has 0 heterocycles. The van der Waals surface area contributed by atoms with Crippen LogP contribution in [0.3, 0.4) is 0 Å². The Kier molecular flexibility index (Phi) is 9.30. The number of halogens is 3. The van der Waals surface area contributed by atoms with Crippen molar-refractivity contribution in [3.05, 3.63) is 102 Å². The first-order chi connectivity index (χ1) is 18.5. The molecule has 38 heavy (non-hydrogen) atoms. The maximum Gasteiger partial charge on any atom is 0.167 e. The Labute approximate surface area is 221 Å². The molecular formula is C32H31F3O3. The maximum absolute atomic E-state index is 15.0. The highest BCUT2D eigenvalue weighted by atomic mass is 19.2. The minimum absolute atomic E-state index is 0.0282. The molecule has 0 N–H and O–H groups in total. The van der Waals surface area contributed by atoms with Crippen LogP contribution >= 0.6 is 0 Å². The van der Waals surface area contributed by atoms with Crippen LogP contribution in [0.2, 0.25) is 0 Å². The lowest BCUT2D eigenvalue weighted by molar-refractivity contribution is 0.295. The smallest absolute Gasteiger partial charge is 0.167 e. The fourth-order valence-electron chi connectivity index (χ4n) is 3.91. The first-order valence-corrected chi connectivity index (χ1v) is 12.9. The van der Waals surface area contributed by atoms with Crippen LogP contribution in [0.25, 0.3) is 22.3 Å². The van der Waals surface area contributed by atoms with Crippen molar-refractivity contribution in [3.63, 3.8) is 0 Å². The van der Waals surface area contributed by atoms with E-state index in [4.69, 9.17) is 14.2 Å². The molecule has 0 amide bonds. The van der Waals surface area contributed by atoms with Gasteiger partial charge < -0.3 is 14.2 Å². The molecule has 0 aliphatic carbocycles. The van der Waals surface area contributed by atoms with Gasteiger partial charge in [-0.1, -0.05) is 56.7 Å². The number of hydrogen-bond acceptors (Lipinski definition) is 3. The molecule has 6 heteroatoms. The van der Waals surface area contributed by atoms with Crippen molar-refractivity contribution in [2.24, 2.45) is 0 Å². The van der Waals surface area contributed by atoms with E-state index in [-0.39, 0.29) is 17.7 Å². The van der Waals surface area contributed by atoms with Gasteiger partial charge in [0, 0.05) is 22.8 Å². The zero-order chi connectivity index (χ0) is 26.9. The first kappa shape index (κ1) is 27.1. The fraction of sp³-hybridized carbons (Fsp3) is 0.250. The van der Waals surface area contributed by atoms with Crippen LogP contribution in [0, 0.1) is 17.5 Å². The second kappa shape index (κ2) is 13.0. The first-order valence-electron chi connectivity index (χ1n) is 12.9. The minimum atomic E-state index is -0.925. The number of hydrogen-bond donors (Lipinski definition) is 0. The summed E-state index contributed by atoms with van der Waals surface area (Å²) < 4.78 is 61.2. The average molecular weight is 521 g/mol. The molecule has 0 atom stereocenters. The van der Waals surface area contributed by atoms with Gasteiger partial charge in [-0.05, 0) is 60.4 Å². The van der Waals surface area contributed by atoms with Crippen molar-refractivity contribution in [2.45, 2.75) is 39.7 Å². The molecule has 0 aliphatic heterocycles. The molecule has 4 rings (SSSR count). The molecule has 0 aromatic heterocycles. The SMILES string of the molecule is CCCCOc1ccc(COc2ccc(-c3ccc(-c4ccc(OCCC)cc4)c(F)c3F)cc2)c(F)c1. The van der Waals surface area contributed by atoms with Crippen molar-refractivity contribution in [3.8, 4) is 39.5 Å². The Morgan fingerprint density at radius 3 is 1.61 bits per heavy atom. The summed E-state index contributed by atoms with van der Waals surface area (Å²) in [6, 6.07) is 21.3. The van der Waals surface area contributed by atoms with Crippen LogP contribution in [0.1, 0.15) is 38.7 Å². The van der Waals surface area contributed by atoms with Gasteiger partial charge >= 0.3 is 0 Å². The normalized spacial score (nSPS) is 10.9. The summed E-state index contributed by atoms with van der Waals surface area (Å²) in [6.45, 7) is 5.25. The Hall–Kier alpha value is -3.93. The van der Waals surface area contributed by atoms with E-state index in [1.165, 1.54) is 6.07 Å². The topological polar surface area (TPSA) is 27.7 Å². The third-order valence-corrected chi connectivity index (χ3v) is 6.07. The molecule has 0 unspecified atom stereocenters. The van der Waals surface area contributed by atoms with Crippen molar-refractivity contribution in [1.29, 1.82) is 0 Å². The summed E-state index contributed by atoms with van der Waals surface area (Å²) in [5.74, 6) is -0.585. The predicted octanol–water partition coefficient (Wildman–Crippen LogP) is 8.98. The van der Waals surface area contributed by atoms with Gasteiger partial charge in [-0.2, -0.15) is 0 Å². The molecule has 4 aromatic carbocycles. The maximum atomic E-state index is 15.0. The van der Waals surface area contributed by atoms with Gasteiger partial charge in [-0.3, -0.25) is 0 Å². The van der Waals surface area contributed by atoms with Gasteiger partial charge in [0.05, 0.1) is 13.2 Å². The second-order valence-electron chi connectivity index (χ2n) is 8.93. The minimum Gasteiger partial charge on any atom is -0.494 e. The highest BCUT2D eigenvalue weighted by Crippen LogP contribution is 2.33. The Morgan fingerprint density at radius 1 is 0.553 bits per heavy atom. The molecule has 0 aliphatic rings. The summed E-state index contributed by atoms with van der Waals surface area (Å²) in [6.07, 6.45) is 2.80. The molecule has 3 nitrogen and oxygen atoms in total. The highest BCUT2D eigenvalue weighted by Gasteiger charge is 2.16. The van der Waals surface area contributed by atoms with E-state index in [1.54, 1.807) is 72.8 Å². The molecule has 0 spiro atoms. The van der Waals surface area contributed by atoms with Crippen molar-refractivity contribution in [2.75, 3.05) is 13.2 Å². The van der Waals surface area contributed by atoms with E-state index in [1.807, 2.05) is 6.92 Å². The van der Waals surface area contributed by atoms with E-state index in [9.17, 15) is 4.39 Å². The van der Waals surface area contributed by atoms with Crippen LogP contribution < -0.4 is 14.2 Å². The fourth-order valence-corrected chi connectivity index (χ4v) is 3.91. The number of benzene rings is 4. The average Bonchev–Trinajstić information content (AvgIpc) is 2.94. The third-order valence-electron chi connectivity index (χ3n) is 6.07. The van der Waals surface area contributed by atoms with Crippen LogP contribution in [0.4, 0.5) is 13.2 Å². The van der Waals surface area contributed by atoms with Crippen LogP contribution in [0.5, 0.6) is 17.2 Å². The van der Waals surface area contributed by atoms with Gasteiger partial charge in [0.15, 0.2) is 11.6 Å². The summed E-state index contributed by atoms with van der Waals surface area (Å²) in [7, 11) is 0. The van der Waals surface area contributed by atoms with Crippen LogP contribution in [-0.2, 0) is 6.61 Å². The van der Waals surface area contributed by atoms with Gasteiger partial charge in [0.1, 0.15) is 29.7 Å². The van der Waals surface area contributed by atoms with Crippen molar-refractivity contribution in [1.82, 2.24) is 0 Å². The van der Waals surface area contributed by atoms with Crippen LogP contribution in [-0.4, -0.2) is 13.2 Å². The Bertz CT molecular complexity index is 1340.